The summed E-state index contributed by atoms with van der Waals surface area (Å²) in [5.74, 6) is 1.73. The van der Waals surface area contributed by atoms with Crippen molar-refractivity contribution < 1.29 is 13.9 Å². The van der Waals surface area contributed by atoms with Gasteiger partial charge in [0.25, 0.3) is 5.91 Å². The molecule has 7 nitrogen and oxygen atoms in total. The molecule has 33 heavy (non-hydrogen) atoms. The van der Waals surface area contributed by atoms with Crippen molar-refractivity contribution in [2.75, 3.05) is 5.32 Å². The van der Waals surface area contributed by atoms with Crippen LogP contribution in [-0.4, -0.2) is 20.7 Å². The van der Waals surface area contributed by atoms with Crippen LogP contribution in [0.3, 0.4) is 0 Å². The fraction of sp³-hybridized carbons (Fsp3) is 0.269. The minimum Gasteiger partial charge on any atom is -0.485 e. The van der Waals surface area contributed by atoms with E-state index in [9.17, 15) is 4.79 Å². The summed E-state index contributed by atoms with van der Waals surface area (Å²) in [4.78, 5) is 16.8. The molecule has 0 fully saturated rings. The van der Waals surface area contributed by atoms with Gasteiger partial charge in [-0.05, 0) is 60.2 Å². The summed E-state index contributed by atoms with van der Waals surface area (Å²) >= 11 is 0. The van der Waals surface area contributed by atoms with Gasteiger partial charge in [0, 0.05) is 0 Å². The van der Waals surface area contributed by atoms with Gasteiger partial charge >= 0.3 is 0 Å². The van der Waals surface area contributed by atoms with Crippen LogP contribution >= 0.6 is 0 Å². The molecular weight excluding hydrogens is 416 g/mol. The topological polar surface area (TPSA) is 82.2 Å². The lowest BCUT2D eigenvalue weighted by atomic mass is 10.0. The zero-order valence-corrected chi connectivity index (χ0v) is 19.3. The van der Waals surface area contributed by atoms with Gasteiger partial charge in [0.15, 0.2) is 5.76 Å². The number of nitrogens with zero attached hydrogens (tertiary/aromatic N) is 3. The highest BCUT2D eigenvalue weighted by Crippen LogP contribution is 2.28. The summed E-state index contributed by atoms with van der Waals surface area (Å²) in [6.45, 7) is 9.15. The first-order chi connectivity index (χ1) is 15.9. The van der Waals surface area contributed by atoms with E-state index in [-0.39, 0.29) is 18.3 Å². The fourth-order valence-corrected chi connectivity index (χ4v) is 3.52. The first kappa shape index (κ1) is 22.3. The smallest absolute Gasteiger partial charge is 0.293 e. The predicted molar refractivity (Wildman–Crippen MR) is 127 cm³/mol. The Morgan fingerprint density at radius 2 is 1.94 bits per heavy atom. The Labute approximate surface area is 193 Å². The number of ether oxygens (including phenoxy) is 1. The maximum Gasteiger partial charge on any atom is 0.293 e. The van der Waals surface area contributed by atoms with Crippen LogP contribution in [0.4, 0.5) is 5.95 Å². The van der Waals surface area contributed by atoms with Gasteiger partial charge in [0.1, 0.15) is 24.4 Å². The van der Waals surface area contributed by atoms with Gasteiger partial charge in [-0.1, -0.05) is 50.2 Å². The number of aromatic nitrogens is 3. The molecule has 7 heteroatoms. The van der Waals surface area contributed by atoms with Gasteiger partial charge in [0.05, 0.1) is 6.54 Å². The highest BCUT2D eigenvalue weighted by Gasteiger charge is 2.15. The summed E-state index contributed by atoms with van der Waals surface area (Å²) in [6.07, 6.45) is 1.59. The Hall–Kier alpha value is -3.87. The normalized spacial score (nSPS) is 11.1. The minimum absolute atomic E-state index is 0.178. The molecule has 0 atom stereocenters. The lowest BCUT2D eigenvalue weighted by Crippen LogP contribution is -2.12. The number of benzene rings is 2. The lowest BCUT2D eigenvalue weighted by Gasteiger charge is -2.14. The molecule has 2 aromatic heterocycles. The van der Waals surface area contributed by atoms with Gasteiger partial charge in [-0.25, -0.2) is 9.67 Å². The van der Waals surface area contributed by atoms with Gasteiger partial charge in [-0.15, -0.1) is 5.10 Å². The van der Waals surface area contributed by atoms with E-state index in [4.69, 9.17) is 9.15 Å². The molecule has 1 amide bonds. The van der Waals surface area contributed by atoms with Gasteiger partial charge in [0.2, 0.25) is 5.95 Å². The Balaban J connectivity index is 1.37. The van der Waals surface area contributed by atoms with Crippen molar-refractivity contribution in [2.45, 2.75) is 46.8 Å². The largest absolute Gasteiger partial charge is 0.485 e. The van der Waals surface area contributed by atoms with Crippen LogP contribution in [0.25, 0.3) is 0 Å². The average Bonchev–Trinajstić information content (AvgIpc) is 3.43. The van der Waals surface area contributed by atoms with Crippen LogP contribution in [0.5, 0.6) is 5.75 Å². The van der Waals surface area contributed by atoms with E-state index in [0.717, 1.165) is 22.4 Å². The molecule has 0 saturated heterocycles. The summed E-state index contributed by atoms with van der Waals surface area (Å²) in [5.41, 5.74) is 4.58. The van der Waals surface area contributed by atoms with Crippen molar-refractivity contribution in [2.24, 2.45) is 0 Å². The third kappa shape index (κ3) is 5.49. The molecule has 2 heterocycles. The molecule has 0 aliphatic heterocycles. The number of anilines is 1. The second-order valence-corrected chi connectivity index (χ2v) is 8.40. The van der Waals surface area contributed by atoms with Crippen LogP contribution in [0.15, 0.2) is 65.3 Å². The van der Waals surface area contributed by atoms with Crippen molar-refractivity contribution in [3.8, 4) is 5.75 Å². The summed E-state index contributed by atoms with van der Waals surface area (Å²) in [6, 6.07) is 17.6. The standard InChI is InChI=1S/C26H28N4O3/c1-17(2)22-11-9-18(3)13-24(22)32-15-21-10-12-23(33-21)25(31)28-26-27-16-30(29-26)14-20-8-6-5-7-19(20)4/h5-13,16-17H,14-15H2,1-4H3,(H,28,29,31). The first-order valence-electron chi connectivity index (χ1n) is 11.0. The van der Waals surface area contributed by atoms with Crippen molar-refractivity contribution in [1.82, 2.24) is 14.8 Å². The molecule has 170 valence electrons. The molecule has 0 aliphatic rings. The number of hydrogen-bond donors (Lipinski definition) is 1. The van der Waals surface area contributed by atoms with Crippen molar-refractivity contribution in [3.05, 3.63) is 94.7 Å². The van der Waals surface area contributed by atoms with Crippen LogP contribution in [0.1, 0.15) is 58.3 Å². The Morgan fingerprint density at radius 3 is 2.73 bits per heavy atom. The highest BCUT2D eigenvalue weighted by atomic mass is 16.5. The van der Waals surface area contributed by atoms with Gasteiger partial charge in [-0.2, -0.15) is 0 Å². The molecule has 0 bridgehead atoms. The molecule has 0 radical (unpaired) electrons. The Kier molecular flexibility index (Phi) is 6.58. The summed E-state index contributed by atoms with van der Waals surface area (Å²) in [7, 11) is 0. The van der Waals surface area contributed by atoms with Crippen molar-refractivity contribution >= 4 is 11.9 Å². The van der Waals surface area contributed by atoms with E-state index < -0.39 is 5.91 Å². The van der Waals surface area contributed by atoms with Crippen LogP contribution in [-0.2, 0) is 13.2 Å². The molecule has 0 unspecified atom stereocenters. The first-order valence-corrected chi connectivity index (χ1v) is 11.0. The van der Waals surface area contributed by atoms with Crippen LogP contribution < -0.4 is 10.1 Å². The number of rotatable bonds is 8. The molecule has 0 saturated carbocycles. The van der Waals surface area contributed by atoms with Crippen LogP contribution in [0.2, 0.25) is 0 Å². The van der Waals surface area contributed by atoms with Crippen LogP contribution in [0, 0.1) is 13.8 Å². The van der Waals surface area contributed by atoms with E-state index in [1.165, 1.54) is 5.56 Å². The maximum atomic E-state index is 12.6. The average molecular weight is 445 g/mol. The van der Waals surface area contributed by atoms with E-state index in [1.54, 1.807) is 23.1 Å². The quantitative estimate of drug-likeness (QED) is 0.389. The second kappa shape index (κ2) is 9.73. The zero-order valence-electron chi connectivity index (χ0n) is 19.3. The second-order valence-electron chi connectivity index (χ2n) is 8.40. The number of furan rings is 1. The number of carbonyl (C=O) groups is 1. The summed E-state index contributed by atoms with van der Waals surface area (Å²) < 4.78 is 13.4. The predicted octanol–water partition coefficient (Wildman–Crippen LogP) is 5.49. The Bertz CT molecular complexity index is 1260. The van der Waals surface area contributed by atoms with Crippen molar-refractivity contribution in [3.63, 3.8) is 0 Å². The molecule has 4 aromatic rings. The molecule has 0 spiro atoms. The zero-order chi connectivity index (χ0) is 23.4. The number of amides is 1. The number of aryl methyl sites for hydroxylation is 2. The molecular formula is C26H28N4O3. The monoisotopic (exact) mass is 444 g/mol. The SMILES string of the molecule is Cc1ccc(C(C)C)c(OCc2ccc(C(=O)Nc3ncn(Cc4ccccc4C)n3)o2)c1. The number of hydrogen-bond acceptors (Lipinski definition) is 5. The molecule has 0 aliphatic carbocycles. The van der Waals surface area contributed by atoms with E-state index in [2.05, 4.69) is 54.4 Å². The van der Waals surface area contributed by atoms with Crippen molar-refractivity contribution in [1.29, 1.82) is 0 Å². The third-order valence-electron chi connectivity index (χ3n) is 5.40. The third-order valence-corrected chi connectivity index (χ3v) is 5.40. The van der Waals surface area contributed by atoms with E-state index in [1.807, 2.05) is 31.2 Å². The lowest BCUT2D eigenvalue weighted by molar-refractivity contribution is 0.0991. The van der Waals surface area contributed by atoms with Gasteiger partial charge in [-0.3, -0.25) is 10.1 Å². The fourth-order valence-electron chi connectivity index (χ4n) is 3.52. The highest BCUT2D eigenvalue weighted by molar-refractivity contribution is 6.01. The number of nitrogens with one attached hydrogen (secondary N) is 1. The van der Waals surface area contributed by atoms with E-state index >= 15 is 0 Å². The molecule has 1 N–H and O–H groups in total. The van der Waals surface area contributed by atoms with E-state index in [0.29, 0.717) is 18.2 Å². The summed E-state index contributed by atoms with van der Waals surface area (Å²) in [5, 5.41) is 7.02. The van der Waals surface area contributed by atoms with Gasteiger partial charge < -0.3 is 9.15 Å². The minimum atomic E-state index is -0.409. The maximum absolute atomic E-state index is 12.6. The molecule has 4 rings (SSSR count). The number of carbonyl (C=O) groups excluding carboxylic acids is 1. The molecule has 2 aromatic carbocycles. The Morgan fingerprint density at radius 1 is 1.12 bits per heavy atom.